The molecule has 0 fully saturated rings. The number of urea groups is 1. The summed E-state index contributed by atoms with van der Waals surface area (Å²) in [4.78, 5) is 17.8. The molecule has 2 amide bonds. The van der Waals surface area contributed by atoms with Crippen LogP contribution >= 0.6 is 0 Å². The Kier molecular flexibility index (Phi) is 1.92. The van der Waals surface area contributed by atoms with Gasteiger partial charge in [0, 0.05) is 24.7 Å². The fourth-order valence-corrected chi connectivity index (χ4v) is 1.33. The van der Waals surface area contributed by atoms with Gasteiger partial charge in [0.1, 0.15) is 6.61 Å². The number of oxime groups is 1. The van der Waals surface area contributed by atoms with Crippen molar-refractivity contribution in [2.24, 2.45) is 5.16 Å². The van der Waals surface area contributed by atoms with E-state index in [0.29, 0.717) is 19.0 Å². The smallest absolute Gasteiger partial charge is 0.327 e. The normalized spacial score (nSPS) is 21.0. The van der Waals surface area contributed by atoms with Crippen molar-refractivity contribution in [1.82, 2.24) is 10.2 Å². The van der Waals surface area contributed by atoms with Crippen molar-refractivity contribution in [3.8, 4) is 0 Å². The zero-order valence-electron chi connectivity index (χ0n) is 7.41. The number of nitrogens with zero attached hydrogens (tertiary/aromatic N) is 2. The van der Waals surface area contributed by atoms with Crippen LogP contribution in [-0.4, -0.2) is 29.9 Å². The van der Waals surface area contributed by atoms with Gasteiger partial charge in [-0.2, -0.15) is 0 Å². The van der Waals surface area contributed by atoms with E-state index >= 15 is 0 Å². The molecule has 0 aromatic rings. The molecular formula is C8H11N3O2. The summed E-state index contributed by atoms with van der Waals surface area (Å²) in [6, 6.07) is -0.143. The average molecular weight is 181 g/mol. The second-order valence-electron chi connectivity index (χ2n) is 2.89. The van der Waals surface area contributed by atoms with Crippen molar-refractivity contribution in [2.45, 2.75) is 13.3 Å². The maximum atomic E-state index is 11.3. The SMILES string of the molecule is CCN1C=C2CCON=C2NC1=O. The number of rotatable bonds is 1. The molecule has 5 nitrogen and oxygen atoms in total. The van der Waals surface area contributed by atoms with Crippen molar-refractivity contribution in [3.63, 3.8) is 0 Å². The minimum absolute atomic E-state index is 0.143. The molecule has 0 aromatic carbocycles. The van der Waals surface area contributed by atoms with Crippen LogP contribution in [0.15, 0.2) is 16.9 Å². The average Bonchev–Trinajstić information content (AvgIpc) is 2.17. The molecule has 0 unspecified atom stereocenters. The number of fused-ring (bicyclic) bond motifs is 1. The standard InChI is InChI=1S/C8H11N3O2/c1-2-11-5-6-3-4-13-10-7(6)9-8(11)12/h5H,2-4H2,1H3,(H,9,10,12). The first-order valence-electron chi connectivity index (χ1n) is 4.30. The highest BCUT2D eigenvalue weighted by Crippen LogP contribution is 2.14. The lowest BCUT2D eigenvalue weighted by atomic mass is 10.1. The summed E-state index contributed by atoms with van der Waals surface area (Å²) in [6.07, 6.45) is 2.63. The molecule has 0 aliphatic carbocycles. The van der Waals surface area contributed by atoms with Gasteiger partial charge in [0.2, 0.25) is 0 Å². The molecule has 0 saturated heterocycles. The summed E-state index contributed by atoms with van der Waals surface area (Å²) >= 11 is 0. The molecule has 2 aliphatic rings. The van der Waals surface area contributed by atoms with E-state index < -0.39 is 0 Å². The third-order valence-corrected chi connectivity index (χ3v) is 2.06. The number of carbonyl (C=O) groups excluding carboxylic acids is 1. The minimum atomic E-state index is -0.143. The van der Waals surface area contributed by atoms with Gasteiger partial charge in [-0.05, 0) is 6.92 Å². The molecule has 0 atom stereocenters. The van der Waals surface area contributed by atoms with Crippen molar-refractivity contribution >= 4 is 11.9 Å². The number of amides is 2. The summed E-state index contributed by atoms with van der Waals surface area (Å²) in [5, 5.41) is 6.42. The summed E-state index contributed by atoms with van der Waals surface area (Å²) in [5.74, 6) is 0.556. The van der Waals surface area contributed by atoms with Crippen LogP contribution in [-0.2, 0) is 4.84 Å². The second kappa shape index (κ2) is 3.08. The van der Waals surface area contributed by atoms with Crippen molar-refractivity contribution in [3.05, 3.63) is 11.8 Å². The Hall–Kier alpha value is -1.52. The molecule has 70 valence electrons. The van der Waals surface area contributed by atoms with E-state index in [1.807, 2.05) is 13.1 Å². The molecule has 0 radical (unpaired) electrons. The topological polar surface area (TPSA) is 53.9 Å². The van der Waals surface area contributed by atoms with Crippen LogP contribution in [0, 0.1) is 0 Å². The third-order valence-electron chi connectivity index (χ3n) is 2.06. The van der Waals surface area contributed by atoms with Crippen molar-refractivity contribution in [2.75, 3.05) is 13.2 Å². The van der Waals surface area contributed by atoms with E-state index in [1.54, 1.807) is 4.90 Å². The maximum Gasteiger partial charge on any atom is 0.327 e. The Morgan fingerprint density at radius 1 is 1.77 bits per heavy atom. The highest BCUT2D eigenvalue weighted by molar-refractivity contribution is 6.09. The Bertz CT molecular complexity index is 296. The van der Waals surface area contributed by atoms with Gasteiger partial charge in [0.25, 0.3) is 0 Å². The lowest BCUT2D eigenvalue weighted by molar-refractivity contribution is 0.137. The number of carbonyl (C=O) groups is 1. The largest absolute Gasteiger partial charge is 0.394 e. The molecule has 1 N–H and O–H groups in total. The van der Waals surface area contributed by atoms with Crippen LogP contribution in [0.4, 0.5) is 4.79 Å². The van der Waals surface area contributed by atoms with Crippen LogP contribution in [0.2, 0.25) is 0 Å². The minimum Gasteiger partial charge on any atom is -0.394 e. The molecule has 0 bridgehead atoms. The first-order chi connectivity index (χ1) is 6.31. The molecule has 5 heteroatoms. The van der Waals surface area contributed by atoms with Crippen molar-refractivity contribution in [1.29, 1.82) is 0 Å². The van der Waals surface area contributed by atoms with Crippen LogP contribution in [0.3, 0.4) is 0 Å². The number of hydrogen-bond donors (Lipinski definition) is 1. The van der Waals surface area contributed by atoms with Crippen LogP contribution in [0.5, 0.6) is 0 Å². The number of amidine groups is 1. The first kappa shape index (κ1) is 8.10. The molecule has 2 rings (SSSR count). The summed E-state index contributed by atoms with van der Waals surface area (Å²) in [6.45, 7) is 3.18. The molecule has 13 heavy (non-hydrogen) atoms. The zero-order chi connectivity index (χ0) is 9.26. The molecular weight excluding hydrogens is 170 g/mol. The molecule has 0 aromatic heterocycles. The highest BCUT2D eigenvalue weighted by Gasteiger charge is 2.24. The van der Waals surface area contributed by atoms with Gasteiger partial charge >= 0.3 is 6.03 Å². The third kappa shape index (κ3) is 1.37. The summed E-state index contributed by atoms with van der Waals surface area (Å²) in [7, 11) is 0. The predicted molar refractivity (Wildman–Crippen MR) is 47.0 cm³/mol. The van der Waals surface area contributed by atoms with Crippen LogP contribution < -0.4 is 5.32 Å². The van der Waals surface area contributed by atoms with Crippen LogP contribution in [0.25, 0.3) is 0 Å². The molecule has 0 spiro atoms. The first-order valence-corrected chi connectivity index (χ1v) is 4.30. The highest BCUT2D eigenvalue weighted by atomic mass is 16.6. The molecule has 2 heterocycles. The molecule has 0 saturated carbocycles. The van der Waals surface area contributed by atoms with E-state index in [-0.39, 0.29) is 6.03 Å². The second-order valence-corrected chi connectivity index (χ2v) is 2.89. The van der Waals surface area contributed by atoms with E-state index in [0.717, 1.165) is 12.0 Å². The summed E-state index contributed by atoms with van der Waals surface area (Å²) in [5.41, 5.74) is 1.03. The zero-order valence-corrected chi connectivity index (χ0v) is 7.41. The maximum absolute atomic E-state index is 11.3. The van der Waals surface area contributed by atoms with Gasteiger partial charge in [0.05, 0.1) is 0 Å². The Balaban J connectivity index is 2.28. The molecule has 2 aliphatic heterocycles. The van der Waals surface area contributed by atoms with E-state index in [2.05, 4.69) is 10.5 Å². The van der Waals surface area contributed by atoms with E-state index in [4.69, 9.17) is 4.84 Å². The van der Waals surface area contributed by atoms with Gasteiger partial charge in [-0.15, -0.1) is 0 Å². The number of nitrogens with one attached hydrogen (secondary N) is 1. The summed E-state index contributed by atoms with van der Waals surface area (Å²) < 4.78 is 0. The predicted octanol–water partition coefficient (Wildman–Crippen LogP) is 0.649. The lowest BCUT2D eigenvalue weighted by Gasteiger charge is -2.27. The monoisotopic (exact) mass is 181 g/mol. The Morgan fingerprint density at radius 2 is 2.62 bits per heavy atom. The Morgan fingerprint density at radius 3 is 3.38 bits per heavy atom. The lowest BCUT2D eigenvalue weighted by Crippen LogP contribution is -2.46. The van der Waals surface area contributed by atoms with Crippen molar-refractivity contribution < 1.29 is 9.63 Å². The fourth-order valence-electron chi connectivity index (χ4n) is 1.33. The quantitative estimate of drug-likeness (QED) is 0.645. The van der Waals surface area contributed by atoms with E-state index in [9.17, 15) is 4.79 Å². The van der Waals surface area contributed by atoms with Gasteiger partial charge in [0.15, 0.2) is 5.84 Å². The van der Waals surface area contributed by atoms with Crippen LogP contribution in [0.1, 0.15) is 13.3 Å². The van der Waals surface area contributed by atoms with Gasteiger partial charge in [-0.1, -0.05) is 5.16 Å². The van der Waals surface area contributed by atoms with Gasteiger partial charge in [-0.3, -0.25) is 5.32 Å². The number of hydrogen-bond acceptors (Lipinski definition) is 3. The fraction of sp³-hybridized carbons (Fsp3) is 0.500. The van der Waals surface area contributed by atoms with Gasteiger partial charge in [-0.25, -0.2) is 4.79 Å². The van der Waals surface area contributed by atoms with E-state index in [1.165, 1.54) is 0 Å². The Labute approximate surface area is 76.0 Å². The van der Waals surface area contributed by atoms with Gasteiger partial charge < -0.3 is 9.74 Å².